The molecule has 0 aliphatic carbocycles. The summed E-state index contributed by atoms with van der Waals surface area (Å²) >= 11 is 0. The first-order chi connectivity index (χ1) is 8.22. The molecular weight excluding hydrogens is 220 g/mol. The number of hydrogen-bond acceptors (Lipinski definition) is 4. The Hall–Kier alpha value is -1.55. The number of benzene rings is 1. The zero-order chi connectivity index (χ0) is 12.7. The minimum Gasteiger partial charge on any atom is -0.490 e. The molecule has 0 aliphatic rings. The summed E-state index contributed by atoms with van der Waals surface area (Å²) in [5.74, 6) is 1.18. The van der Waals surface area contributed by atoms with Crippen molar-refractivity contribution in [1.82, 2.24) is 0 Å². The van der Waals surface area contributed by atoms with Crippen LogP contribution in [0, 0.1) is 0 Å². The van der Waals surface area contributed by atoms with Gasteiger partial charge < -0.3 is 14.2 Å². The highest BCUT2D eigenvalue weighted by Crippen LogP contribution is 2.28. The van der Waals surface area contributed by atoms with Gasteiger partial charge in [-0.15, -0.1) is 0 Å². The molecule has 0 bridgehead atoms. The maximum atomic E-state index is 11.6. The third kappa shape index (κ3) is 3.75. The van der Waals surface area contributed by atoms with Gasteiger partial charge >= 0.3 is 0 Å². The maximum Gasteiger partial charge on any atom is 0.188 e. The summed E-state index contributed by atoms with van der Waals surface area (Å²) in [4.78, 5) is 11.6. The molecule has 0 spiro atoms. The van der Waals surface area contributed by atoms with Crippen molar-refractivity contribution in [3.8, 4) is 11.5 Å². The fraction of sp³-hybridized carbons (Fsp3) is 0.462. The molecule has 0 aromatic heterocycles. The lowest BCUT2D eigenvalue weighted by molar-refractivity contribution is 0.0847. The van der Waals surface area contributed by atoms with Gasteiger partial charge in [-0.2, -0.15) is 0 Å². The van der Waals surface area contributed by atoms with Crippen molar-refractivity contribution in [2.45, 2.75) is 13.8 Å². The van der Waals surface area contributed by atoms with Crippen molar-refractivity contribution in [1.29, 1.82) is 0 Å². The highest BCUT2D eigenvalue weighted by atomic mass is 16.5. The second-order valence-electron chi connectivity index (χ2n) is 3.38. The predicted octanol–water partition coefficient (Wildman–Crippen LogP) is 2.31. The molecule has 0 unspecified atom stereocenters. The van der Waals surface area contributed by atoms with E-state index in [9.17, 15) is 4.79 Å². The average Bonchev–Trinajstić information content (AvgIpc) is 2.32. The Morgan fingerprint density at radius 1 is 1.12 bits per heavy atom. The first-order valence-corrected chi connectivity index (χ1v) is 5.64. The molecule has 1 rings (SSSR count). The zero-order valence-corrected chi connectivity index (χ0v) is 10.5. The van der Waals surface area contributed by atoms with E-state index in [1.54, 1.807) is 18.2 Å². The van der Waals surface area contributed by atoms with Crippen LogP contribution >= 0.6 is 0 Å². The van der Waals surface area contributed by atoms with E-state index in [1.165, 1.54) is 7.11 Å². The Bertz CT molecular complexity index is 374. The van der Waals surface area contributed by atoms with E-state index < -0.39 is 0 Å². The van der Waals surface area contributed by atoms with Gasteiger partial charge in [0.2, 0.25) is 0 Å². The van der Waals surface area contributed by atoms with E-state index in [2.05, 4.69) is 0 Å². The molecule has 0 aliphatic heterocycles. The topological polar surface area (TPSA) is 44.8 Å². The first kappa shape index (κ1) is 13.5. The average molecular weight is 238 g/mol. The predicted molar refractivity (Wildman–Crippen MR) is 65.0 cm³/mol. The van der Waals surface area contributed by atoms with Gasteiger partial charge in [0.15, 0.2) is 17.3 Å². The van der Waals surface area contributed by atoms with Gasteiger partial charge in [0.1, 0.15) is 6.61 Å². The van der Waals surface area contributed by atoms with Gasteiger partial charge in [-0.3, -0.25) is 4.79 Å². The Balaban J connectivity index is 2.95. The second kappa shape index (κ2) is 6.91. The molecule has 17 heavy (non-hydrogen) atoms. The lowest BCUT2D eigenvalue weighted by atomic mass is 10.1. The Labute approximate surface area is 101 Å². The van der Waals surface area contributed by atoms with Crippen LogP contribution in [-0.2, 0) is 4.74 Å². The highest BCUT2D eigenvalue weighted by Gasteiger charge is 2.11. The number of rotatable bonds is 7. The van der Waals surface area contributed by atoms with Crippen LogP contribution in [0.25, 0.3) is 0 Å². The molecule has 0 heterocycles. The summed E-state index contributed by atoms with van der Waals surface area (Å²) < 4.78 is 15.7. The molecule has 0 atom stereocenters. The van der Waals surface area contributed by atoms with Crippen molar-refractivity contribution >= 4 is 5.78 Å². The molecule has 4 nitrogen and oxygen atoms in total. The number of ketones is 1. The summed E-state index contributed by atoms with van der Waals surface area (Å²) in [6.45, 7) is 4.95. The number of hydrogen-bond donors (Lipinski definition) is 0. The van der Waals surface area contributed by atoms with Crippen LogP contribution in [0.1, 0.15) is 24.2 Å². The van der Waals surface area contributed by atoms with Gasteiger partial charge in [0.25, 0.3) is 0 Å². The minimum atomic E-state index is -0.0727. The third-order valence-corrected chi connectivity index (χ3v) is 2.14. The van der Waals surface area contributed by atoms with Crippen molar-refractivity contribution in [3.05, 3.63) is 23.8 Å². The van der Waals surface area contributed by atoms with Crippen LogP contribution < -0.4 is 9.47 Å². The fourth-order valence-electron chi connectivity index (χ4n) is 1.44. The van der Waals surface area contributed by atoms with Crippen LogP contribution in [0.3, 0.4) is 0 Å². The first-order valence-electron chi connectivity index (χ1n) is 5.64. The summed E-state index contributed by atoms with van der Waals surface area (Å²) in [7, 11) is 1.50. The monoisotopic (exact) mass is 238 g/mol. The van der Waals surface area contributed by atoms with Gasteiger partial charge in [0.05, 0.1) is 13.2 Å². The van der Waals surface area contributed by atoms with Crippen LogP contribution in [-0.4, -0.2) is 32.7 Å². The molecular formula is C13H18O4. The van der Waals surface area contributed by atoms with E-state index >= 15 is 0 Å². The largest absolute Gasteiger partial charge is 0.490 e. The summed E-state index contributed by atoms with van der Waals surface area (Å²) in [5, 5.41) is 0. The Kier molecular flexibility index (Phi) is 5.49. The normalized spacial score (nSPS) is 10.1. The fourth-order valence-corrected chi connectivity index (χ4v) is 1.44. The van der Waals surface area contributed by atoms with E-state index in [-0.39, 0.29) is 12.4 Å². The molecule has 0 radical (unpaired) electrons. The zero-order valence-electron chi connectivity index (χ0n) is 10.5. The van der Waals surface area contributed by atoms with Gasteiger partial charge in [-0.1, -0.05) is 0 Å². The highest BCUT2D eigenvalue weighted by molar-refractivity contribution is 5.97. The van der Waals surface area contributed by atoms with E-state index in [0.29, 0.717) is 30.3 Å². The second-order valence-corrected chi connectivity index (χ2v) is 3.38. The van der Waals surface area contributed by atoms with Crippen molar-refractivity contribution < 1.29 is 19.0 Å². The standard InChI is InChI=1S/C13H18O4/c1-4-16-12-7-6-10(11(14)9-15-3)8-13(12)17-5-2/h6-8H,4-5,9H2,1-3H3. The molecule has 0 saturated carbocycles. The lowest BCUT2D eigenvalue weighted by Crippen LogP contribution is -2.08. The number of Topliss-reactive ketones (excluding diaryl/α,β-unsaturated/α-hetero) is 1. The smallest absolute Gasteiger partial charge is 0.188 e. The molecule has 0 saturated heterocycles. The van der Waals surface area contributed by atoms with Gasteiger partial charge in [0, 0.05) is 12.7 Å². The molecule has 94 valence electrons. The van der Waals surface area contributed by atoms with Crippen LogP contribution in [0.2, 0.25) is 0 Å². The quantitative estimate of drug-likeness (QED) is 0.684. The minimum absolute atomic E-state index is 0.0690. The Morgan fingerprint density at radius 2 is 1.76 bits per heavy atom. The SMILES string of the molecule is CCOc1ccc(C(=O)COC)cc1OCC. The van der Waals surface area contributed by atoms with Crippen LogP contribution in [0.5, 0.6) is 11.5 Å². The lowest BCUT2D eigenvalue weighted by Gasteiger charge is -2.11. The summed E-state index contributed by atoms with van der Waals surface area (Å²) in [6, 6.07) is 5.15. The molecule has 0 amide bonds. The molecule has 0 N–H and O–H groups in total. The molecule has 1 aromatic rings. The number of ether oxygens (including phenoxy) is 3. The van der Waals surface area contributed by atoms with Crippen molar-refractivity contribution in [3.63, 3.8) is 0 Å². The van der Waals surface area contributed by atoms with Crippen LogP contribution in [0.4, 0.5) is 0 Å². The van der Waals surface area contributed by atoms with Crippen LogP contribution in [0.15, 0.2) is 18.2 Å². The van der Waals surface area contributed by atoms with Crippen molar-refractivity contribution in [2.75, 3.05) is 26.9 Å². The summed E-state index contributed by atoms with van der Waals surface area (Å²) in [5.41, 5.74) is 0.568. The number of methoxy groups -OCH3 is 1. The Morgan fingerprint density at radius 3 is 2.35 bits per heavy atom. The van der Waals surface area contributed by atoms with E-state index in [1.807, 2.05) is 13.8 Å². The van der Waals surface area contributed by atoms with Gasteiger partial charge in [-0.05, 0) is 32.0 Å². The number of carbonyl (C=O) groups is 1. The molecule has 1 aromatic carbocycles. The van der Waals surface area contributed by atoms with Gasteiger partial charge in [-0.25, -0.2) is 0 Å². The molecule has 0 fully saturated rings. The summed E-state index contributed by atoms with van der Waals surface area (Å²) in [6.07, 6.45) is 0. The van der Waals surface area contributed by atoms with Crippen molar-refractivity contribution in [2.24, 2.45) is 0 Å². The van der Waals surface area contributed by atoms with E-state index in [4.69, 9.17) is 14.2 Å². The number of carbonyl (C=O) groups excluding carboxylic acids is 1. The third-order valence-electron chi connectivity index (χ3n) is 2.14. The maximum absolute atomic E-state index is 11.6. The molecule has 4 heteroatoms. The van der Waals surface area contributed by atoms with E-state index in [0.717, 1.165) is 0 Å².